The van der Waals surface area contributed by atoms with Gasteiger partial charge < -0.3 is 5.32 Å². The third-order valence-electron chi connectivity index (χ3n) is 1.00. The number of hydrogen-bond donors (Lipinski definition) is 1. The van der Waals surface area contributed by atoms with Crippen LogP contribution >= 0.6 is 11.8 Å². The van der Waals surface area contributed by atoms with E-state index in [0.29, 0.717) is 11.3 Å². The van der Waals surface area contributed by atoms with Crippen molar-refractivity contribution in [3.8, 4) is 0 Å². The molecule has 0 saturated heterocycles. The van der Waals surface area contributed by atoms with Crippen molar-refractivity contribution in [3.63, 3.8) is 0 Å². The van der Waals surface area contributed by atoms with Gasteiger partial charge in [0.15, 0.2) is 0 Å². The van der Waals surface area contributed by atoms with Gasteiger partial charge in [-0.15, -0.1) is 0 Å². The molecule has 0 aromatic rings. The monoisotopic (exact) mass is 187 g/mol. The van der Waals surface area contributed by atoms with Gasteiger partial charge in [0.2, 0.25) is 5.12 Å². The van der Waals surface area contributed by atoms with E-state index in [0.717, 1.165) is 0 Å². The molecule has 0 amide bonds. The van der Waals surface area contributed by atoms with Gasteiger partial charge in [0.25, 0.3) is 0 Å². The number of nitrogens with one attached hydrogen (secondary N) is 1. The van der Waals surface area contributed by atoms with Gasteiger partial charge in [-0.1, -0.05) is 25.6 Å². The van der Waals surface area contributed by atoms with Crippen LogP contribution in [0.4, 0.5) is 0 Å². The van der Waals surface area contributed by atoms with Crippen LogP contribution in [0.2, 0.25) is 0 Å². The van der Waals surface area contributed by atoms with Gasteiger partial charge in [-0.2, -0.15) is 0 Å². The lowest BCUT2D eigenvalue weighted by molar-refractivity contribution is -0.107. The first-order valence-electron chi connectivity index (χ1n) is 4.15. The third kappa shape index (κ3) is 7.66. The predicted octanol–water partition coefficient (Wildman–Crippen LogP) is 2.17. The summed E-state index contributed by atoms with van der Waals surface area (Å²) in [5.74, 6) is 0. The lowest BCUT2D eigenvalue weighted by Crippen LogP contribution is -2.15. The molecule has 0 atom stereocenters. The van der Waals surface area contributed by atoms with Crippen LogP contribution in [0.1, 0.15) is 27.7 Å². The number of carbonyl (C=O) groups excluding carboxylic acids is 1. The molecule has 0 rings (SSSR count). The minimum atomic E-state index is 0.109. The Hall–Kier alpha value is -0.440. The Bertz CT molecular complexity index is 164. The Morgan fingerprint density at radius 1 is 1.33 bits per heavy atom. The van der Waals surface area contributed by atoms with Gasteiger partial charge >= 0.3 is 0 Å². The standard InChI is InChI=1S/C9H17NOS/c1-7(2)10-6-5-9(11)12-8(3)4/h5-8,10H,1-4H3. The highest BCUT2D eigenvalue weighted by Crippen LogP contribution is 2.10. The van der Waals surface area contributed by atoms with E-state index < -0.39 is 0 Å². The quantitative estimate of drug-likeness (QED) is 0.684. The summed E-state index contributed by atoms with van der Waals surface area (Å²) in [7, 11) is 0. The number of carbonyl (C=O) groups is 1. The van der Waals surface area contributed by atoms with E-state index >= 15 is 0 Å². The van der Waals surface area contributed by atoms with E-state index in [9.17, 15) is 4.79 Å². The summed E-state index contributed by atoms with van der Waals surface area (Å²) in [4.78, 5) is 11.1. The van der Waals surface area contributed by atoms with Gasteiger partial charge in [-0.05, 0) is 13.8 Å². The minimum absolute atomic E-state index is 0.109. The molecular formula is C9H17NOS. The Kier molecular flexibility index (Phi) is 5.89. The van der Waals surface area contributed by atoms with Crippen molar-refractivity contribution in [2.45, 2.75) is 39.0 Å². The maximum atomic E-state index is 11.1. The molecule has 0 saturated carbocycles. The number of hydrogen-bond acceptors (Lipinski definition) is 3. The van der Waals surface area contributed by atoms with Gasteiger partial charge in [-0.25, -0.2) is 0 Å². The van der Waals surface area contributed by atoms with Crippen molar-refractivity contribution >= 4 is 16.9 Å². The molecule has 0 aliphatic rings. The molecular weight excluding hydrogens is 170 g/mol. The van der Waals surface area contributed by atoms with E-state index in [1.54, 1.807) is 12.3 Å². The highest BCUT2D eigenvalue weighted by atomic mass is 32.2. The molecule has 0 bridgehead atoms. The number of rotatable bonds is 4. The van der Waals surface area contributed by atoms with Crippen LogP contribution in [0.5, 0.6) is 0 Å². The molecule has 2 nitrogen and oxygen atoms in total. The Morgan fingerprint density at radius 2 is 1.92 bits per heavy atom. The van der Waals surface area contributed by atoms with Crippen molar-refractivity contribution in [1.82, 2.24) is 5.32 Å². The summed E-state index contributed by atoms with van der Waals surface area (Å²) in [5, 5.41) is 3.51. The van der Waals surface area contributed by atoms with E-state index in [2.05, 4.69) is 5.32 Å². The van der Waals surface area contributed by atoms with Crippen molar-refractivity contribution in [2.75, 3.05) is 0 Å². The maximum Gasteiger partial charge on any atom is 0.213 e. The molecule has 0 heterocycles. The van der Waals surface area contributed by atoms with Crippen LogP contribution in [-0.2, 0) is 4.79 Å². The summed E-state index contributed by atoms with van der Waals surface area (Å²) in [6.45, 7) is 8.08. The normalized spacial score (nSPS) is 11.5. The first-order chi connectivity index (χ1) is 5.52. The lowest BCUT2D eigenvalue weighted by atomic mass is 10.4. The summed E-state index contributed by atoms with van der Waals surface area (Å²) < 4.78 is 0. The van der Waals surface area contributed by atoms with Crippen LogP contribution in [-0.4, -0.2) is 16.4 Å². The molecule has 0 aliphatic heterocycles. The van der Waals surface area contributed by atoms with Crippen molar-refractivity contribution < 1.29 is 4.79 Å². The van der Waals surface area contributed by atoms with Crippen molar-refractivity contribution in [2.24, 2.45) is 0 Å². The van der Waals surface area contributed by atoms with Gasteiger partial charge in [-0.3, -0.25) is 4.79 Å². The van der Waals surface area contributed by atoms with E-state index in [4.69, 9.17) is 0 Å². The number of thioether (sulfide) groups is 1. The van der Waals surface area contributed by atoms with E-state index in [-0.39, 0.29) is 5.12 Å². The van der Waals surface area contributed by atoms with Gasteiger partial charge in [0, 0.05) is 23.6 Å². The van der Waals surface area contributed by atoms with Gasteiger partial charge in [0.1, 0.15) is 0 Å². The summed E-state index contributed by atoms with van der Waals surface area (Å²) >= 11 is 1.34. The zero-order chi connectivity index (χ0) is 9.56. The summed E-state index contributed by atoms with van der Waals surface area (Å²) in [6, 6.07) is 0.387. The Morgan fingerprint density at radius 3 is 2.33 bits per heavy atom. The summed E-state index contributed by atoms with van der Waals surface area (Å²) in [6.07, 6.45) is 3.28. The van der Waals surface area contributed by atoms with E-state index in [1.165, 1.54) is 11.8 Å². The second-order valence-electron chi connectivity index (χ2n) is 3.14. The SMILES string of the molecule is CC(C)NC=CC(=O)SC(C)C. The highest BCUT2D eigenvalue weighted by Gasteiger charge is 2.00. The topological polar surface area (TPSA) is 29.1 Å². The average molecular weight is 187 g/mol. The first kappa shape index (κ1) is 11.6. The largest absolute Gasteiger partial charge is 0.389 e. The zero-order valence-corrected chi connectivity index (χ0v) is 8.94. The molecule has 12 heavy (non-hydrogen) atoms. The molecule has 70 valence electrons. The Balaban J connectivity index is 3.61. The van der Waals surface area contributed by atoms with Crippen molar-refractivity contribution in [1.29, 1.82) is 0 Å². The smallest absolute Gasteiger partial charge is 0.213 e. The highest BCUT2D eigenvalue weighted by molar-refractivity contribution is 8.14. The van der Waals surface area contributed by atoms with Gasteiger partial charge in [0.05, 0.1) is 0 Å². The minimum Gasteiger partial charge on any atom is -0.389 e. The Labute approximate surface area is 78.8 Å². The van der Waals surface area contributed by atoms with Crippen LogP contribution < -0.4 is 5.32 Å². The van der Waals surface area contributed by atoms with Crippen LogP contribution in [0.3, 0.4) is 0 Å². The average Bonchev–Trinajstić information content (AvgIpc) is 1.84. The molecule has 0 aromatic carbocycles. The lowest BCUT2D eigenvalue weighted by Gasteiger charge is -2.02. The van der Waals surface area contributed by atoms with Crippen LogP contribution in [0.25, 0.3) is 0 Å². The third-order valence-corrected chi connectivity index (χ3v) is 1.84. The molecule has 0 radical (unpaired) electrons. The fourth-order valence-corrected chi connectivity index (χ4v) is 1.19. The van der Waals surface area contributed by atoms with Crippen LogP contribution in [0.15, 0.2) is 12.3 Å². The zero-order valence-electron chi connectivity index (χ0n) is 8.13. The molecule has 0 fully saturated rings. The second-order valence-corrected chi connectivity index (χ2v) is 4.72. The second kappa shape index (κ2) is 6.12. The maximum absolute atomic E-state index is 11.1. The fourth-order valence-electron chi connectivity index (χ4n) is 0.580. The van der Waals surface area contributed by atoms with Crippen LogP contribution in [0, 0.1) is 0 Å². The fraction of sp³-hybridized carbons (Fsp3) is 0.667. The molecule has 0 spiro atoms. The molecule has 0 aliphatic carbocycles. The summed E-state index contributed by atoms with van der Waals surface area (Å²) in [5.41, 5.74) is 0. The van der Waals surface area contributed by atoms with E-state index in [1.807, 2.05) is 27.7 Å². The molecule has 3 heteroatoms. The molecule has 0 aromatic heterocycles. The predicted molar refractivity (Wildman–Crippen MR) is 55.1 cm³/mol. The van der Waals surface area contributed by atoms with Crippen molar-refractivity contribution in [3.05, 3.63) is 12.3 Å². The first-order valence-corrected chi connectivity index (χ1v) is 5.03. The molecule has 1 N–H and O–H groups in total. The molecule has 0 unspecified atom stereocenters.